The Morgan fingerprint density at radius 2 is 1.78 bits per heavy atom. The van der Waals surface area contributed by atoms with Crippen LogP contribution in [0.4, 0.5) is 0 Å². The molecule has 18 heavy (non-hydrogen) atoms. The summed E-state index contributed by atoms with van der Waals surface area (Å²) in [6, 6.07) is 7.78. The maximum Gasteiger partial charge on any atom is 0.118 e. The van der Waals surface area contributed by atoms with Crippen LogP contribution in [-0.2, 0) is 0 Å². The monoisotopic (exact) mass is 251 g/mol. The number of nitrogens with two attached hydrogens (primary N) is 1. The molecule has 0 bridgehead atoms. The van der Waals surface area contributed by atoms with Gasteiger partial charge in [0.1, 0.15) is 5.75 Å². The Morgan fingerprint density at radius 3 is 2.22 bits per heavy atom. The third-order valence-corrected chi connectivity index (χ3v) is 3.30. The van der Waals surface area contributed by atoms with Gasteiger partial charge in [-0.25, -0.2) is 0 Å². The van der Waals surface area contributed by atoms with E-state index in [1.165, 1.54) is 0 Å². The molecule has 0 spiro atoms. The number of ether oxygens (including phenoxy) is 1. The van der Waals surface area contributed by atoms with Crippen LogP contribution >= 0.6 is 0 Å². The molecular weight excluding hydrogens is 226 g/mol. The zero-order valence-electron chi connectivity index (χ0n) is 11.6. The van der Waals surface area contributed by atoms with E-state index in [1.54, 1.807) is 7.11 Å². The van der Waals surface area contributed by atoms with Crippen molar-refractivity contribution in [1.82, 2.24) is 0 Å². The first-order chi connectivity index (χ1) is 8.58. The van der Waals surface area contributed by atoms with E-state index < -0.39 is 0 Å². The highest BCUT2D eigenvalue weighted by molar-refractivity contribution is 5.30. The topological polar surface area (TPSA) is 55.5 Å². The van der Waals surface area contributed by atoms with Crippen LogP contribution in [0.15, 0.2) is 24.3 Å². The fraction of sp³-hybridized carbons (Fsp3) is 0.600. The SMILES string of the molecule is COc1ccc(C(CN)C(O)CCC(C)C)cc1. The number of aliphatic hydroxyl groups is 1. The summed E-state index contributed by atoms with van der Waals surface area (Å²) in [6.45, 7) is 4.79. The average Bonchev–Trinajstić information content (AvgIpc) is 2.38. The highest BCUT2D eigenvalue weighted by Crippen LogP contribution is 2.24. The number of methoxy groups -OCH3 is 1. The summed E-state index contributed by atoms with van der Waals surface area (Å²) in [7, 11) is 1.65. The molecule has 1 aromatic rings. The van der Waals surface area contributed by atoms with Gasteiger partial charge in [0, 0.05) is 12.5 Å². The first kappa shape index (κ1) is 15.0. The minimum Gasteiger partial charge on any atom is -0.497 e. The van der Waals surface area contributed by atoms with Gasteiger partial charge in [-0.05, 0) is 36.5 Å². The molecular formula is C15H25NO2. The van der Waals surface area contributed by atoms with E-state index in [2.05, 4.69) is 13.8 Å². The summed E-state index contributed by atoms with van der Waals surface area (Å²) in [5, 5.41) is 10.2. The molecule has 3 nitrogen and oxygen atoms in total. The van der Waals surface area contributed by atoms with Crippen LogP contribution in [0.5, 0.6) is 5.75 Å². The van der Waals surface area contributed by atoms with Crippen LogP contribution in [0.3, 0.4) is 0 Å². The van der Waals surface area contributed by atoms with E-state index >= 15 is 0 Å². The van der Waals surface area contributed by atoms with Gasteiger partial charge < -0.3 is 15.6 Å². The summed E-state index contributed by atoms with van der Waals surface area (Å²) < 4.78 is 5.13. The van der Waals surface area contributed by atoms with Crippen LogP contribution in [0.2, 0.25) is 0 Å². The van der Waals surface area contributed by atoms with Crippen molar-refractivity contribution in [2.45, 2.75) is 38.7 Å². The lowest BCUT2D eigenvalue weighted by atomic mass is 9.89. The van der Waals surface area contributed by atoms with Gasteiger partial charge in [-0.15, -0.1) is 0 Å². The Hall–Kier alpha value is -1.06. The molecule has 0 aromatic heterocycles. The molecule has 0 fully saturated rings. The van der Waals surface area contributed by atoms with Gasteiger partial charge in [-0.3, -0.25) is 0 Å². The molecule has 0 radical (unpaired) electrons. The van der Waals surface area contributed by atoms with Crippen molar-refractivity contribution in [2.24, 2.45) is 11.7 Å². The van der Waals surface area contributed by atoms with Crippen LogP contribution in [0.25, 0.3) is 0 Å². The van der Waals surface area contributed by atoms with E-state index in [9.17, 15) is 5.11 Å². The molecule has 0 aliphatic heterocycles. The van der Waals surface area contributed by atoms with Crippen molar-refractivity contribution in [2.75, 3.05) is 13.7 Å². The van der Waals surface area contributed by atoms with Crippen LogP contribution in [0, 0.1) is 5.92 Å². The van der Waals surface area contributed by atoms with E-state index in [0.717, 1.165) is 24.2 Å². The molecule has 3 heteroatoms. The lowest BCUT2D eigenvalue weighted by molar-refractivity contribution is 0.129. The molecule has 0 saturated carbocycles. The summed E-state index contributed by atoms with van der Waals surface area (Å²) in [5.74, 6) is 1.44. The lowest BCUT2D eigenvalue weighted by Crippen LogP contribution is -2.26. The third kappa shape index (κ3) is 4.31. The largest absolute Gasteiger partial charge is 0.497 e. The van der Waals surface area contributed by atoms with Gasteiger partial charge in [0.2, 0.25) is 0 Å². The standard InChI is InChI=1S/C15H25NO2/c1-11(2)4-9-15(17)14(10-16)12-5-7-13(18-3)8-6-12/h5-8,11,14-15,17H,4,9-10,16H2,1-3H3. The first-order valence-corrected chi connectivity index (χ1v) is 6.60. The molecule has 2 unspecified atom stereocenters. The molecule has 0 heterocycles. The number of aliphatic hydroxyl groups excluding tert-OH is 1. The second-order valence-corrected chi connectivity index (χ2v) is 5.15. The van der Waals surface area contributed by atoms with E-state index in [1.807, 2.05) is 24.3 Å². The molecule has 0 aliphatic carbocycles. The summed E-state index contributed by atoms with van der Waals surface area (Å²) in [5.41, 5.74) is 6.87. The van der Waals surface area contributed by atoms with Crippen molar-refractivity contribution in [1.29, 1.82) is 0 Å². The minimum atomic E-state index is -0.370. The third-order valence-electron chi connectivity index (χ3n) is 3.30. The normalized spacial score (nSPS) is 14.6. The Morgan fingerprint density at radius 1 is 1.17 bits per heavy atom. The van der Waals surface area contributed by atoms with Gasteiger partial charge in [-0.2, -0.15) is 0 Å². The van der Waals surface area contributed by atoms with Crippen LogP contribution in [0.1, 0.15) is 38.2 Å². The highest BCUT2D eigenvalue weighted by atomic mass is 16.5. The van der Waals surface area contributed by atoms with E-state index in [4.69, 9.17) is 10.5 Å². The highest BCUT2D eigenvalue weighted by Gasteiger charge is 2.19. The molecule has 0 saturated heterocycles. The number of benzene rings is 1. The van der Waals surface area contributed by atoms with Crippen molar-refractivity contribution in [3.05, 3.63) is 29.8 Å². The maximum absolute atomic E-state index is 10.2. The molecule has 0 amide bonds. The number of hydrogen-bond acceptors (Lipinski definition) is 3. The van der Waals surface area contributed by atoms with Crippen LogP contribution in [-0.4, -0.2) is 24.9 Å². The quantitative estimate of drug-likeness (QED) is 0.783. The predicted molar refractivity (Wildman–Crippen MR) is 74.9 cm³/mol. The van der Waals surface area contributed by atoms with Gasteiger partial charge in [0.25, 0.3) is 0 Å². The molecule has 2 atom stereocenters. The average molecular weight is 251 g/mol. The fourth-order valence-corrected chi connectivity index (χ4v) is 2.07. The van der Waals surface area contributed by atoms with Crippen LogP contribution < -0.4 is 10.5 Å². The van der Waals surface area contributed by atoms with Gasteiger partial charge in [0.15, 0.2) is 0 Å². The van der Waals surface area contributed by atoms with Gasteiger partial charge >= 0.3 is 0 Å². The Kier molecular flexibility index (Phi) is 6.16. The minimum absolute atomic E-state index is 0.00894. The van der Waals surface area contributed by atoms with Gasteiger partial charge in [-0.1, -0.05) is 26.0 Å². The summed E-state index contributed by atoms with van der Waals surface area (Å²) >= 11 is 0. The Labute approximate surface area is 110 Å². The maximum atomic E-state index is 10.2. The van der Waals surface area contributed by atoms with Gasteiger partial charge in [0.05, 0.1) is 13.2 Å². The van der Waals surface area contributed by atoms with Crippen molar-refractivity contribution >= 4 is 0 Å². The van der Waals surface area contributed by atoms with E-state index in [0.29, 0.717) is 12.5 Å². The Bertz CT molecular complexity index is 335. The zero-order chi connectivity index (χ0) is 13.5. The molecule has 1 aromatic carbocycles. The second kappa shape index (κ2) is 7.39. The Balaban J connectivity index is 2.68. The van der Waals surface area contributed by atoms with E-state index in [-0.39, 0.29) is 12.0 Å². The summed E-state index contributed by atoms with van der Waals surface area (Å²) in [6.07, 6.45) is 1.45. The summed E-state index contributed by atoms with van der Waals surface area (Å²) in [4.78, 5) is 0. The predicted octanol–water partition coefficient (Wildman–Crippen LogP) is 2.53. The molecule has 102 valence electrons. The second-order valence-electron chi connectivity index (χ2n) is 5.15. The van der Waals surface area contributed by atoms with Crippen molar-refractivity contribution in [3.8, 4) is 5.75 Å². The zero-order valence-corrected chi connectivity index (χ0v) is 11.6. The molecule has 3 N–H and O–H groups in total. The first-order valence-electron chi connectivity index (χ1n) is 6.60. The van der Waals surface area contributed by atoms with Crippen molar-refractivity contribution in [3.63, 3.8) is 0 Å². The molecule has 1 rings (SSSR count). The smallest absolute Gasteiger partial charge is 0.118 e. The van der Waals surface area contributed by atoms with Crippen molar-refractivity contribution < 1.29 is 9.84 Å². The molecule has 0 aliphatic rings. The number of hydrogen-bond donors (Lipinski definition) is 2. The fourth-order valence-electron chi connectivity index (χ4n) is 2.07. The lowest BCUT2D eigenvalue weighted by Gasteiger charge is -2.22. The number of rotatable bonds is 7.